The minimum Gasteiger partial charge on any atom is -0.269 e. The van der Waals surface area contributed by atoms with Crippen molar-refractivity contribution in [1.29, 1.82) is 0 Å². The summed E-state index contributed by atoms with van der Waals surface area (Å²) in [5, 5.41) is 0. The van der Waals surface area contributed by atoms with Crippen LogP contribution in [0.5, 0.6) is 0 Å². The van der Waals surface area contributed by atoms with Gasteiger partial charge in [-0.25, -0.2) is 27.7 Å². The van der Waals surface area contributed by atoms with Crippen LogP contribution in [-0.4, -0.2) is 14.1 Å². The van der Waals surface area contributed by atoms with Crippen molar-refractivity contribution in [3.05, 3.63) is 56.0 Å². The molecule has 2 aromatic heterocycles. The number of aromatic nitrogens is 3. The molecular weight excluding hydrogens is 318 g/mol. The molecule has 0 aromatic carbocycles. The van der Waals surface area contributed by atoms with Crippen LogP contribution < -0.4 is 11.2 Å². The fourth-order valence-electron chi connectivity index (χ4n) is 2.22. The summed E-state index contributed by atoms with van der Waals surface area (Å²) in [7, 11) is 0. The summed E-state index contributed by atoms with van der Waals surface area (Å²) >= 11 is 0. The molecule has 0 unspecified atom stereocenters. The third-order valence-corrected chi connectivity index (χ3v) is 3.18. The summed E-state index contributed by atoms with van der Waals surface area (Å²) in [5.41, 5.74) is -2.96. The normalized spacial score (nSPS) is 12.0. The molecule has 0 saturated carbocycles. The predicted octanol–water partition coefficient (Wildman–Crippen LogP) is 2.52. The maximum Gasteiger partial charge on any atom is 0.341 e. The lowest BCUT2D eigenvalue weighted by Gasteiger charge is -2.18. The largest absolute Gasteiger partial charge is 0.341 e. The topological polar surface area (TPSA) is 56.9 Å². The Kier molecular flexibility index (Phi) is 4.14. The summed E-state index contributed by atoms with van der Waals surface area (Å²) < 4.78 is 53.1. The van der Waals surface area contributed by atoms with Gasteiger partial charge >= 0.3 is 12.2 Å². The third-order valence-electron chi connectivity index (χ3n) is 3.18. The predicted molar refractivity (Wildman–Crippen MR) is 74.4 cm³/mol. The Morgan fingerprint density at radius 2 is 1.78 bits per heavy atom. The van der Waals surface area contributed by atoms with Gasteiger partial charge in [-0.1, -0.05) is 6.07 Å². The van der Waals surface area contributed by atoms with Gasteiger partial charge in [0.15, 0.2) is 0 Å². The van der Waals surface area contributed by atoms with E-state index in [2.05, 4.69) is 4.98 Å². The fraction of sp³-hybridized carbons (Fsp3) is 0.357. The van der Waals surface area contributed by atoms with Crippen molar-refractivity contribution in [3.63, 3.8) is 0 Å². The zero-order valence-electron chi connectivity index (χ0n) is 12.5. The highest BCUT2D eigenvalue weighted by atomic mass is 19.3. The van der Waals surface area contributed by atoms with Gasteiger partial charge in [-0.2, -0.15) is 8.78 Å². The average molecular weight is 331 g/mol. The molecule has 0 amide bonds. The molecule has 2 rings (SSSR count). The second kappa shape index (κ2) is 5.64. The van der Waals surface area contributed by atoms with E-state index in [1.54, 1.807) is 13.0 Å². The van der Waals surface area contributed by atoms with Gasteiger partial charge in [0.05, 0.1) is 0 Å². The molecule has 5 nitrogen and oxygen atoms in total. The van der Waals surface area contributed by atoms with Crippen LogP contribution in [0.1, 0.15) is 30.3 Å². The second-order valence-electron chi connectivity index (χ2n) is 5.18. The molecule has 23 heavy (non-hydrogen) atoms. The minimum absolute atomic E-state index is 0.175. The fourth-order valence-corrected chi connectivity index (χ4v) is 2.22. The van der Waals surface area contributed by atoms with Gasteiger partial charge in [0.1, 0.15) is 11.5 Å². The molecule has 0 N–H and O–H groups in total. The first kappa shape index (κ1) is 16.9. The molecule has 0 saturated heterocycles. The number of halogens is 4. The van der Waals surface area contributed by atoms with Crippen LogP contribution in [0, 0.1) is 13.8 Å². The monoisotopic (exact) mass is 331 g/mol. The number of hydrogen-bond donors (Lipinski definition) is 0. The highest BCUT2D eigenvalue weighted by Crippen LogP contribution is 2.27. The van der Waals surface area contributed by atoms with E-state index in [1.165, 1.54) is 13.1 Å². The van der Waals surface area contributed by atoms with Crippen molar-refractivity contribution >= 4 is 0 Å². The van der Waals surface area contributed by atoms with Gasteiger partial charge in [0.2, 0.25) is 0 Å². The van der Waals surface area contributed by atoms with E-state index in [0.29, 0.717) is 23.1 Å². The van der Waals surface area contributed by atoms with Crippen molar-refractivity contribution in [2.24, 2.45) is 0 Å². The van der Waals surface area contributed by atoms with Crippen LogP contribution in [0.2, 0.25) is 0 Å². The van der Waals surface area contributed by atoms with Crippen molar-refractivity contribution in [1.82, 2.24) is 14.1 Å². The van der Waals surface area contributed by atoms with Crippen molar-refractivity contribution in [3.8, 4) is 5.82 Å². The van der Waals surface area contributed by atoms with Crippen molar-refractivity contribution in [2.45, 2.75) is 33.2 Å². The van der Waals surface area contributed by atoms with E-state index in [4.69, 9.17) is 0 Å². The summed E-state index contributed by atoms with van der Waals surface area (Å²) in [5.74, 6) is -3.95. The molecule has 0 aliphatic carbocycles. The molecule has 0 aliphatic heterocycles. The average Bonchev–Trinajstić information content (AvgIpc) is 2.38. The number of pyridine rings is 1. The molecule has 124 valence electrons. The number of alkyl halides is 4. The van der Waals surface area contributed by atoms with Gasteiger partial charge in [-0.05, 0) is 25.0 Å². The summed E-state index contributed by atoms with van der Waals surface area (Å²) in [6.07, 6.45) is 1.34. The van der Waals surface area contributed by atoms with Crippen LogP contribution in [0.4, 0.5) is 17.6 Å². The van der Waals surface area contributed by atoms with Crippen LogP contribution >= 0.6 is 0 Å². The first-order chi connectivity index (χ1) is 10.5. The number of hydrogen-bond acceptors (Lipinski definition) is 3. The lowest BCUT2D eigenvalue weighted by Crippen LogP contribution is -2.43. The molecule has 2 aromatic rings. The SMILES string of the molecule is Cc1cnc(-n2c(=O)cc(C(C)(F)F)n(C(F)F)c2=O)c(C)c1. The zero-order valence-corrected chi connectivity index (χ0v) is 12.5. The highest BCUT2D eigenvalue weighted by Gasteiger charge is 2.33. The van der Waals surface area contributed by atoms with E-state index in [-0.39, 0.29) is 5.82 Å². The molecule has 0 spiro atoms. The second-order valence-corrected chi connectivity index (χ2v) is 5.18. The number of nitrogens with zero attached hydrogens (tertiary/aromatic N) is 3. The standard InChI is InChI=1S/C14H13F4N3O2/c1-7-4-8(2)11(19-6-7)21-10(22)5-9(14(3,17)18)20(12(15)16)13(21)23/h4-6,12H,1-3H3. The van der Waals surface area contributed by atoms with Crippen LogP contribution in [0.25, 0.3) is 5.82 Å². The van der Waals surface area contributed by atoms with Crippen LogP contribution in [0.15, 0.2) is 27.9 Å². The molecular formula is C14H13F4N3O2. The Morgan fingerprint density at radius 3 is 2.26 bits per heavy atom. The quantitative estimate of drug-likeness (QED) is 0.812. The minimum atomic E-state index is -3.77. The van der Waals surface area contributed by atoms with Gasteiger partial charge in [0, 0.05) is 19.2 Å². The molecule has 2 heterocycles. The molecule has 0 bridgehead atoms. The Morgan fingerprint density at radius 1 is 1.17 bits per heavy atom. The first-order valence-corrected chi connectivity index (χ1v) is 6.52. The van der Waals surface area contributed by atoms with Crippen LogP contribution in [0.3, 0.4) is 0 Å². The number of rotatable bonds is 3. The van der Waals surface area contributed by atoms with E-state index in [1.807, 2.05) is 0 Å². The van der Waals surface area contributed by atoms with Crippen molar-refractivity contribution < 1.29 is 17.6 Å². The first-order valence-electron chi connectivity index (χ1n) is 6.52. The summed E-state index contributed by atoms with van der Waals surface area (Å²) in [6.45, 7) is 0.0433. The van der Waals surface area contributed by atoms with Crippen LogP contribution in [-0.2, 0) is 5.92 Å². The van der Waals surface area contributed by atoms with Crippen molar-refractivity contribution in [2.75, 3.05) is 0 Å². The van der Waals surface area contributed by atoms with Gasteiger partial charge < -0.3 is 0 Å². The highest BCUT2D eigenvalue weighted by molar-refractivity contribution is 5.35. The summed E-state index contributed by atoms with van der Waals surface area (Å²) in [4.78, 5) is 28.1. The maximum absolute atomic E-state index is 13.4. The van der Waals surface area contributed by atoms with E-state index in [0.717, 1.165) is 5.56 Å². The van der Waals surface area contributed by atoms with Gasteiger partial charge in [-0.3, -0.25) is 4.79 Å². The molecule has 9 heteroatoms. The Hall–Kier alpha value is -2.45. The zero-order chi connectivity index (χ0) is 17.5. The Labute approximate surface area is 127 Å². The van der Waals surface area contributed by atoms with Gasteiger partial charge in [0.25, 0.3) is 11.5 Å². The molecule has 0 atom stereocenters. The molecule has 0 radical (unpaired) electrons. The van der Waals surface area contributed by atoms with E-state index in [9.17, 15) is 27.2 Å². The smallest absolute Gasteiger partial charge is 0.269 e. The molecule has 0 aliphatic rings. The van der Waals surface area contributed by atoms with Gasteiger partial charge in [-0.15, -0.1) is 0 Å². The molecule has 0 fully saturated rings. The summed E-state index contributed by atoms with van der Waals surface area (Å²) in [6, 6.07) is 1.91. The number of aryl methyl sites for hydroxylation is 2. The van der Waals surface area contributed by atoms with E-state index >= 15 is 0 Å². The third kappa shape index (κ3) is 3.03. The lowest BCUT2D eigenvalue weighted by molar-refractivity contribution is -0.0157. The van der Waals surface area contributed by atoms with E-state index < -0.39 is 34.0 Å². The Bertz CT molecular complexity index is 866. The Balaban J connectivity index is 2.90. The lowest BCUT2D eigenvalue weighted by atomic mass is 10.2. The maximum atomic E-state index is 13.4.